The van der Waals surface area contributed by atoms with Crippen molar-refractivity contribution in [2.45, 2.75) is 57.4 Å². The Hall–Kier alpha value is -4.16. The van der Waals surface area contributed by atoms with Gasteiger partial charge in [0.2, 0.25) is 11.8 Å². The van der Waals surface area contributed by atoms with Crippen molar-refractivity contribution in [3.8, 4) is 11.1 Å². The molecule has 0 unspecified atom stereocenters. The van der Waals surface area contributed by atoms with Crippen molar-refractivity contribution in [3.05, 3.63) is 81.0 Å². The van der Waals surface area contributed by atoms with E-state index in [4.69, 9.17) is 11.1 Å². The molecule has 0 saturated carbocycles. The first-order valence-corrected chi connectivity index (χ1v) is 14.7. The van der Waals surface area contributed by atoms with Gasteiger partial charge in [-0.2, -0.15) is 8.78 Å². The van der Waals surface area contributed by atoms with Gasteiger partial charge in [-0.1, -0.05) is 44.2 Å². The molecule has 2 aliphatic rings. The number of hydrogen-bond acceptors (Lipinski definition) is 6. The molecule has 226 valence electrons. The highest BCUT2D eigenvalue weighted by atomic mass is 32.1. The van der Waals surface area contributed by atoms with Crippen molar-refractivity contribution in [1.82, 2.24) is 15.5 Å². The Kier molecular flexibility index (Phi) is 8.35. The first kappa shape index (κ1) is 30.3. The van der Waals surface area contributed by atoms with E-state index in [-0.39, 0.29) is 24.2 Å². The highest BCUT2D eigenvalue weighted by Crippen LogP contribution is 2.48. The zero-order chi connectivity index (χ0) is 31.1. The van der Waals surface area contributed by atoms with Crippen LogP contribution in [0, 0.1) is 5.41 Å². The quantitative estimate of drug-likeness (QED) is 0.213. The molecule has 9 nitrogen and oxygen atoms in total. The molecule has 1 fully saturated rings. The Labute approximate surface area is 251 Å². The highest BCUT2D eigenvalue weighted by Gasteiger charge is 2.41. The number of hydrogen-bond donors (Lipinski definition) is 4. The molecule has 1 saturated heterocycles. The third-order valence-corrected chi connectivity index (χ3v) is 9.26. The molecule has 1 aromatic heterocycles. The third-order valence-electron chi connectivity index (χ3n) is 8.14. The summed E-state index contributed by atoms with van der Waals surface area (Å²) in [5.74, 6) is -1.69. The van der Waals surface area contributed by atoms with E-state index in [0.717, 1.165) is 21.6 Å². The number of amides is 3. The van der Waals surface area contributed by atoms with E-state index in [1.165, 1.54) is 21.8 Å². The first-order valence-electron chi connectivity index (χ1n) is 13.9. The van der Waals surface area contributed by atoms with Crippen LogP contribution in [0.4, 0.5) is 8.78 Å². The van der Waals surface area contributed by atoms with Crippen molar-refractivity contribution in [2.24, 2.45) is 5.73 Å². The summed E-state index contributed by atoms with van der Waals surface area (Å²) in [6.45, 7) is 2.23. The van der Waals surface area contributed by atoms with Crippen molar-refractivity contribution in [2.75, 3.05) is 13.1 Å². The number of nitrogens with two attached hydrogens (primary N) is 1. The maximum Gasteiger partial charge on any atom is 0.345 e. The lowest BCUT2D eigenvalue weighted by molar-refractivity contribution is -0.160. The molecule has 12 heteroatoms. The molecule has 43 heavy (non-hydrogen) atoms. The van der Waals surface area contributed by atoms with Gasteiger partial charge < -0.3 is 26.0 Å². The van der Waals surface area contributed by atoms with E-state index in [9.17, 15) is 23.2 Å². The van der Waals surface area contributed by atoms with Crippen molar-refractivity contribution in [1.29, 1.82) is 5.41 Å². The molecular weight excluding hydrogens is 576 g/mol. The van der Waals surface area contributed by atoms with Crippen LogP contribution in [0.25, 0.3) is 11.1 Å². The Morgan fingerprint density at radius 2 is 1.84 bits per heavy atom. The Morgan fingerprint density at radius 3 is 2.53 bits per heavy atom. The molecule has 1 aliphatic carbocycles. The number of alkyl halides is 2. The Morgan fingerprint density at radius 1 is 1.12 bits per heavy atom. The summed E-state index contributed by atoms with van der Waals surface area (Å²) < 4.78 is 30.7. The summed E-state index contributed by atoms with van der Waals surface area (Å²) in [5, 5.41) is 14.7. The van der Waals surface area contributed by atoms with E-state index in [2.05, 4.69) is 41.4 Å². The van der Waals surface area contributed by atoms with Gasteiger partial charge in [-0.05, 0) is 47.4 Å². The maximum atomic E-state index is 13.3. The number of benzene rings is 2. The number of likely N-dealkylation sites (tertiary alicyclic amines) is 1. The molecule has 2 heterocycles. The number of nitrogens with zero attached hydrogens (tertiary/aromatic N) is 1. The SMILES string of the molecule is C[C@@H](NC(=O)[C@@H]1C[C@@H](OC(F)F)CN1C(=O)CNC(=O)c1ccc2c(c1)C(C)(C)c1ccccc1-2)c1cc(C(=N)N)cs1. The number of carbonyl (C=O) groups excluding carboxylic acids is 3. The first-order chi connectivity index (χ1) is 20.4. The molecular formula is C31H33F2N5O4S. The van der Waals surface area contributed by atoms with Crippen LogP contribution in [0.2, 0.25) is 0 Å². The number of carbonyl (C=O) groups is 3. The normalized spacial score (nSPS) is 19.1. The smallest absolute Gasteiger partial charge is 0.345 e. The standard InChI is InChI=1S/C31H33F2N5O4S/c1-16(25-11-18(15-43-25)27(34)35)37-29(41)24-12-19(42-30(32)33)14-38(24)26(39)13-36-28(40)17-8-9-21-20-6-4-5-7-22(20)31(2,3)23(21)10-17/h4-11,15-16,19,24,30H,12-14H2,1-3H3,(H3,34,35)(H,36,40)(H,37,41)/t16-,19-,24+/m1/s1. The van der Waals surface area contributed by atoms with Crippen molar-refractivity contribution in [3.63, 3.8) is 0 Å². The van der Waals surface area contributed by atoms with Gasteiger partial charge in [0.05, 0.1) is 18.7 Å². The molecule has 5 rings (SSSR count). The lowest BCUT2D eigenvalue weighted by Gasteiger charge is -2.25. The molecule has 2 aromatic carbocycles. The van der Waals surface area contributed by atoms with Gasteiger partial charge in [0.1, 0.15) is 11.9 Å². The van der Waals surface area contributed by atoms with E-state index >= 15 is 0 Å². The highest BCUT2D eigenvalue weighted by molar-refractivity contribution is 7.10. The number of nitrogens with one attached hydrogen (secondary N) is 3. The van der Waals surface area contributed by atoms with Crippen LogP contribution in [-0.4, -0.2) is 60.3 Å². The maximum absolute atomic E-state index is 13.3. The largest absolute Gasteiger partial charge is 0.384 e. The lowest BCUT2D eigenvalue weighted by Crippen LogP contribution is -2.49. The minimum atomic E-state index is -3.06. The fourth-order valence-corrected chi connectivity index (χ4v) is 6.79. The van der Waals surface area contributed by atoms with Gasteiger partial charge in [0.15, 0.2) is 0 Å². The summed E-state index contributed by atoms with van der Waals surface area (Å²) in [6.07, 6.45) is -1.16. The van der Waals surface area contributed by atoms with Crippen LogP contribution >= 0.6 is 11.3 Å². The number of ether oxygens (including phenoxy) is 1. The van der Waals surface area contributed by atoms with Gasteiger partial charge in [-0.25, -0.2) is 0 Å². The second kappa shape index (κ2) is 11.8. The molecule has 5 N–H and O–H groups in total. The number of nitrogen functional groups attached to an aromatic ring is 1. The minimum absolute atomic E-state index is 0.101. The van der Waals surface area contributed by atoms with E-state index < -0.39 is 49.1 Å². The fourth-order valence-electron chi connectivity index (χ4n) is 5.87. The van der Waals surface area contributed by atoms with Crippen LogP contribution < -0.4 is 16.4 Å². The minimum Gasteiger partial charge on any atom is -0.384 e. The topological polar surface area (TPSA) is 138 Å². The number of thiophene rings is 1. The monoisotopic (exact) mass is 609 g/mol. The number of fused-ring (bicyclic) bond motifs is 3. The summed E-state index contributed by atoms with van der Waals surface area (Å²) in [7, 11) is 0. The Balaban J connectivity index is 1.26. The summed E-state index contributed by atoms with van der Waals surface area (Å²) in [5.41, 5.74) is 10.5. The van der Waals surface area contributed by atoms with E-state index in [1.807, 2.05) is 24.3 Å². The second-order valence-corrected chi connectivity index (χ2v) is 12.3. The summed E-state index contributed by atoms with van der Waals surface area (Å²) in [4.78, 5) is 41.5. The molecule has 0 radical (unpaired) electrons. The zero-order valence-electron chi connectivity index (χ0n) is 23.9. The lowest BCUT2D eigenvalue weighted by atomic mass is 9.82. The molecule has 0 bridgehead atoms. The number of rotatable bonds is 9. The van der Waals surface area contributed by atoms with Crippen molar-refractivity contribution < 1.29 is 27.9 Å². The van der Waals surface area contributed by atoms with Crippen LogP contribution in [-0.2, 0) is 19.7 Å². The van der Waals surface area contributed by atoms with Gasteiger partial charge >= 0.3 is 6.61 Å². The zero-order valence-corrected chi connectivity index (χ0v) is 24.8. The van der Waals surface area contributed by atoms with E-state index in [0.29, 0.717) is 11.1 Å². The molecule has 3 amide bonds. The van der Waals surface area contributed by atoms with Gasteiger partial charge in [-0.3, -0.25) is 19.8 Å². The molecule has 1 aliphatic heterocycles. The number of halogens is 2. The second-order valence-electron chi connectivity index (χ2n) is 11.3. The average molecular weight is 610 g/mol. The van der Waals surface area contributed by atoms with Crippen LogP contribution in [0.5, 0.6) is 0 Å². The predicted octanol–water partition coefficient (Wildman–Crippen LogP) is 4.15. The van der Waals surface area contributed by atoms with Gasteiger partial charge in [-0.15, -0.1) is 11.3 Å². The average Bonchev–Trinajstić information content (AvgIpc) is 3.68. The number of amidine groups is 1. The summed E-state index contributed by atoms with van der Waals surface area (Å²) >= 11 is 1.31. The van der Waals surface area contributed by atoms with Crippen LogP contribution in [0.15, 0.2) is 53.9 Å². The third kappa shape index (κ3) is 6.02. The van der Waals surface area contributed by atoms with Crippen LogP contribution in [0.1, 0.15) is 65.2 Å². The molecule has 3 atom stereocenters. The Bertz CT molecular complexity index is 1590. The van der Waals surface area contributed by atoms with Crippen LogP contribution in [0.3, 0.4) is 0 Å². The van der Waals surface area contributed by atoms with Gasteiger partial charge in [0, 0.05) is 39.8 Å². The fraction of sp³-hybridized carbons (Fsp3) is 0.355. The van der Waals surface area contributed by atoms with E-state index in [1.54, 1.807) is 24.4 Å². The molecule has 0 spiro atoms. The van der Waals surface area contributed by atoms with Gasteiger partial charge in [0.25, 0.3) is 5.91 Å². The van der Waals surface area contributed by atoms with Crippen molar-refractivity contribution >= 4 is 34.9 Å². The summed E-state index contributed by atoms with van der Waals surface area (Å²) in [6, 6.07) is 13.7. The molecule has 3 aromatic rings. The predicted molar refractivity (Wildman–Crippen MR) is 159 cm³/mol.